The zero-order chi connectivity index (χ0) is 28.5. The summed E-state index contributed by atoms with van der Waals surface area (Å²) in [5, 5.41) is 29.8. The van der Waals surface area contributed by atoms with Gasteiger partial charge in [0.2, 0.25) is 5.88 Å². The molecule has 0 aliphatic carbocycles. The van der Waals surface area contributed by atoms with Crippen molar-refractivity contribution >= 4 is 71.4 Å². The molecule has 12 nitrogen and oxygen atoms in total. The maximum absolute atomic E-state index is 13.8. The fraction of sp³-hybridized carbons (Fsp3) is 0.125. The fourth-order valence-corrected chi connectivity index (χ4v) is 5.69. The molecule has 0 saturated heterocycles. The van der Waals surface area contributed by atoms with Crippen LogP contribution in [-0.4, -0.2) is 43.0 Å². The number of hydrogen-bond donors (Lipinski definition) is 2. The van der Waals surface area contributed by atoms with Crippen LogP contribution in [0, 0.1) is 17.0 Å². The zero-order valence-corrected chi connectivity index (χ0v) is 23.4. The van der Waals surface area contributed by atoms with Crippen molar-refractivity contribution in [2.75, 3.05) is 18.0 Å². The van der Waals surface area contributed by atoms with Crippen LogP contribution in [0.1, 0.15) is 5.56 Å². The average molecular weight is 637 g/mol. The van der Waals surface area contributed by atoms with E-state index in [-0.39, 0.29) is 33.6 Å². The summed E-state index contributed by atoms with van der Waals surface area (Å²) in [6, 6.07) is 12.6. The number of carbonyl (C=O) groups excluding carboxylic acids is 1. The molecule has 0 fully saturated rings. The lowest BCUT2D eigenvalue weighted by atomic mass is 10.2. The molecule has 0 saturated carbocycles. The highest BCUT2D eigenvalue weighted by molar-refractivity contribution is 9.10. The SMILES string of the molecule is COc1ccc(Cl)cc1N(CC(=O)N=Nc1c(O)[nH]c2ccc(Br)cc12)S(=O)(=O)c1ccc(C)c([N+](=O)[O-])c1. The Morgan fingerprint density at radius 1 is 1.21 bits per heavy atom. The lowest BCUT2D eigenvalue weighted by molar-refractivity contribution is -0.385. The van der Waals surface area contributed by atoms with Crippen molar-refractivity contribution in [1.29, 1.82) is 0 Å². The molecule has 0 atom stereocenters. The molecule has 39 heavy (non-hydrogen) atoms. The van der Waals surface area contributed by atoms with Gasteiger partial charge in [-0.2, -0.15) is 0 Å². The van der Waals surface area contributed by atoms with Gasteiger partial charge in [0.1, 0.15) is 12.3 Å². The minimum atomic E-state index is -4.59. The lowest BCUT2D eigenvalue weighted by Gasteiger charge is -2.25. The second kappa shape index (κ2) is 11.0. The van der Waals surface area contributed by atoms with Gasteiger partial charge in [-0.25, -0.2) is 8.42 Å². The highest BCUT2D eigenvalue weighted by atomic mass is 79.9. The Labute approximate surface area is 235 Å². The minimum Gasteiger partial charge on any atom is -0.495 e. The van der Waals surface area contributed by atoms with Crippen LogP contribution in [0.25, 0.3) is 10.9 Å². The predicted octanol–water partition coefficient (Wildman–Crippen LogP) is 6.02. The number of methoxy groups -OCH3 is 1. The molecule has 0 spiro atoms. The number of aromatic nitrogens is 1. The van der Waals surface area contributed by atoms with Gasteiger partial charge in [-0.05, 0) is 49.4 Å². The number of nitrogens with one attached hydrogen (secondary N) is 1. The number of azo groups is 1. The van der Waals surface area contributed by atoms with E-state index in [0.717, 1.165) is 6.07 Å². The van der Waals surface area contributed by atoms with Crippen molar-refractivity contribution < 1.29 is 28.0 Å². The van der Waals surface area contributed by atoms with Gasteiger partial charge in [0.05, 0.1) is 28.1 Å². The van der Waals surface area contributed by atoms with E-state index in [9.17, 15) is 28.4 Å². The Kier molecular flexibility index (Phi) is 7.90. The van der Waals surface area contributed by atoms with Crippen LogP contribution < -0.4 is 9.04 Å². The number of aryl methyl sites for hydroxylation is 1. The number of H-pyrrole nitrogens is 1. The number of rotatable bonds is 8. The van der Waals surface area contributed by atoms with E-state index in [1.54, 1.807) is 18.2 Å². The van der Waals surface area contributed by atoms with E-state index < -0.39 is 38.0 Å². The summed E-state index contributed by atoms with van der Waals surface area (Å²) in [5.74, 6) is -1.29. The molecule has 1 aromatic heterocycles. The first-order valence-corrected chi connectivity index (χ1v) is 13.6. The topological polar surface area (TPSA) is 168 Å². The number of aromatic amines is 1. The number of halogens is 2. The number of nitro groups is 1. The molecule has 4 rings (SSSR count). The smallest absolute Gasteiger partial charge is 0.285 e. The number of ether oxygens (including phenoxy) is 1. The summed E-state index contributed by atoms with van der Waals surface area (Å²) in [7, 11) is -3.29. The van der Waals surface area contributed by atoms with Crippen molar-refractivity contribution in [2.45, 2.75) is 11.8 Å². The first kappa shape index (κ1) is 28.0. The Balaban J connectivity index is 1.78. The van der Waals surface area contributed by atoms with Gasteiger partial charge in [0, 0.05) is 26.5 Å². The second-order valence-electron chi connectivity index (χ2n) is 8.14. The number of fused-ring (bicyclic) bond motifs is 1. The van der Waals surface area contributed by atoms with E-state index in [2.05, 4.69) is 31.1 Å². The maximum atomic E-state index is 13.8. The van der Waals surface area contributed by atoms with Crippen molar-refractivity contribution in [1.82, 2.24) is 4.98 Å². The quantitative estimate of drug-likeness (QED) is 0.135. The molecular formula is C24H19BrClN5O7S. The monoisotopic (exact) mass is 635 g/mol. The predicted molar refractivity (Wildman–Crippen MR) is 148 cm³/mol. The van der Waals surface area contributed by atoms with E-state index in [1.807, 2.05) is 0 Å². The summed E-state index contributed by atoms with van der Waals surface area (Å²) in [6.45, 7) is 0.603. The van der Waals surface area contributed by atoms with Crippen LogP contribution in [0.2, 0.25) is 5.02 Å². The van der Waals surface area contributed by atoms with Gasteiger partial charge < -0.3 is 14.8 Å². The number of benzene rings is 3. The van der Waals surface area contributed by atoms with Crippen LogP contribution in [-0.2, 0) is 14.8 Å². The number of hydrogen-bond acceptors (Lipinski definition) is 8. The summed E-state index contributed by atoms with van der Waals surface area (Å²) < 4.78 is 34.2. The molecule has 1 amide bonds. The van der Waals surface area contributed by atoms with E-state index in [4.69, 9.17) is 16.3 Å². The Hall–Kier alpha value is -4.01. The number of nitrogens with zero attached hydrogens (tertiary/aromatic N) is 4. The molecule has 0 aliphatic rings. The summed E-state index contributed by atoms with van der Waals surface area (Å²) in [6.07, 6.45) is 0. The zero-order valence-electron chi connectivity index (χ0n) is 20.3. The fourth-order valence-electron chi connectivity index (χ4n) is 3.73. The third-order valence-electron chi connectivity index (χ3n) is 5.63. The average Bonchev–Trinajstić information content (AvgIpc) is 3.19. The first-order valence-electron chi connectivity index (χ1n) is 11.0. The number of amides is 1. The van der Waals surface area contributed by atoms with E-state index >= 15 is 0 Å². The molecule has 0 bridgehead atoms. The van der Waals surface area contributed by atoms with Crippen molar-refractivity contribution in [3.05, 3.63) is 79.8 Å². The van der Waals surface area contributed by atoms with Crippen LogP contribution in [0.3, 0.4) is 0 Å². The molecule has 0 radical (unpaired) electrons. The normalized spacial score (nSPS) is 11.7. The number of sulfonamides is 1. The standard InChI is InChI=1S/C24H19BrClN5O7S/c1-13-3-6-16(11-19(13)31(34)35)39(36,37)30(20-10-15(26)5-8-21(20)38-2)12-22(32)28-29-23-17-9-14(25)4-7-18(17)27-24(23)33/h3-11,27,33H,12H2,1-2H3. The molecule has 1 heterocycles. The van der Waals surface area contributed by atoms with E-state index in [1.165, 1.54) is 44.4 Å². The molecule has 0 unspecified atom stereocenters. The molecule has 202 valence electrons. The van der Waals surface area contributed by atoms with Gasteiger partial charge in [-0.1, -0.05) is 33.6 Å². The Morgan fingerprint density at radius 2 is 1.95 bits per heavy atom. The van der Waals surface area contributed by atoms with Crippen LogP contribution >= 0.6 is 27.5 Å². The molecule has 4 aromatic rings. The Bertz CT molecular complexity index is 1760. The minimum absolute atomic E-state index is 0.0245. The van der Waals surface area contributed by atoms with E-state index in [0.29, 0.717) is 19.7 Å². The lowest BCUT2D eigenvalue weighted by Crippen LogP contribution is -2.35. The van der Waals surface area contributed by atoms with Gasteiger partial charge >= 0.3 is 0 Å². The third kappa shape index (κ3) is 5.72. The number of nitro benzene ring substituents is 1. The van der Waals surface area contributed by atoms with Gasteiger partial charge in [0.15, 0.2) is 5.69 Å². The van der Waals surface area contributed by atoms with Crippen molar-refractivity contribution in [2.24, 2.45) is 10.2 Å². The molecule has 2 N–H and O–H groups in total. The third-order valence-corrected chi connectivity index (χ3v) is 8.11. The van der Waals surface area contributed by atoms with Crippen LogP contribution in [0.15, 0.2) is 74.2 Å². The summed E-state index contributed by atoms with van der Waals surface area (Å²) in [5.41, 5.74) is 0.243. The number of carbonyl (C=O) groups is 1. The highest BCUT2D eigenvalue weighted by Gasteiger charge is 2.31. The second-order valence-corrected chi connectivity index (χ2v) is 11.4. The molecule has 0 aliphatic heterocycles. The van der Waals surface area contributed by atoms with Gasteiger partial charge in [-0.3, -0.25) is 19.2 Å². The Morgan fingerprint density at radius 3 is 2.64 bits per heavy atom. The molecule has 15 heteroatoms. The number of anilines is 1. The highest BCUT2D eigenvalue weighted by Crippen LogP contribution is 2.38. The maximum Gasteiger partial charge on any atom is 0.285 e. The van der Waals surface area contributed by atoms with Crippen molar-refractivity contribution in [3.8, 4) is 11.6 Å². The first-order chi connectivity index (χ1) is 18.4. The van der Waals surface area contributed by atoms with Gasteiger partial charge in [-0.15, -0.1) is 10.2 Å². The van der Waals surface area contributed by atoms with Gasteiger partial charge in [0.25, 0.3) is 21.6 Å². The summed E-state index contributed by atoms with van der Waals surface area (Å²) >= 11 is 9.45. The molecule has 3 aromatic carbocycles. The number of aromatic hydroxyl groups is 1. The van der Waals surface area contributed by atoms with Crippen LogP contribution in [0.5, 0.6) is 11.6 Å². The summed E-state index contributed by atoms with van der Waals surface area (Å²) in [4.78, 5) is 26.0. The van der Waals surface area contributed by atoms with Crippen LogP contribution in [0.4, 0.5) is 17.1 Å². The largest absolute Gasteiger partial charge is 0.495 e. The van der Waals surface area contributed by atoms with Crippen molar-refractivity contribution in [3.63, 3.8) is 0 Å². The molecular weight excluding hydrogens is 618 g/mol.